The molecule has 0 spiro atoms. The Morgan fingerprint density at radius 3 is 2.81 bits per heavy atom. The Bertz CT molecular complexity index is 716. The van der Waals surface area contributed by atoms with Gasteiger partial charge in [0.15, 0.2) is 5.82 Å². The Hall–Kier alpha value is -2.58. The minimum absolute atomic E-state index is 0.125. The molecule has 0 saturated carbocycles. The average Bonchev–Trinajstić information content (AvgIpc) is 2.98. The van der Waals surface area contributed by atoms with Gasteiger partial charge in [0.05, 0.1) is 6.54 Å². The fourth-order valence-corrected chi connectivity index (χ4v) is 1.92. The Labute approximate surface area is 120 Å². The molecule has 0 saturated heterocycles. The Morgan fingerprint density at radius 2 is 2.19 bits per heavy atom. The molecule has 21 heavy (non-hydrogen) atoms. The minimum Gasteiger partial charge on any atom is -0.383 e. The summed E-state index contributed by atoms with van der Waals surface area (Å²) in [6, 6.07) is 0. The van der Waals surface area contributed by atoms with Crippen LogP contribution in [-0.4, -0.2) is 19.3 Å². The first-order valence-electron chi connectivity index (χ1n) is 6.64. The van der Waals surface area contributed by atoms with Gasteiger partial charge in [0.25, 0.3) is 5.56 Å². The highest BCUT2D eigenvalue weighted by molar-refractivity contribution is 5.60. The van der Waals surface area contributed by atoms with Gasteiger partial charge in [-0.1, -0.05) is 18.5 Å². The number of hydrogen-bond donors (Lipinski definition) is 2. The van der Waals surface area contributed by atoms with E-state index in [1.54, 1.807) is 0 Å². The van der Waals surface area contributed by atoms with E-state index in [-0.39, 0.29) is 18.1 Å². The molecular weight excluding hydrogens is 276 g/mol. The van der Waals surface area contributed by atoms with Crippen LogP contribution in [0.4, 0.5) is 11.5 Å². The molecule has 0 aliphatic carbocycles. The van der Waals surface area contributed by atoms with Gasteiger partial charge >= 0.3 is 5.69 Å². The molecule has 0 unspecified atom stereocenters. The molecule has 114 valence electrons. The summed E-state index contributed by atoms with van der Waals surface area (Å²) in [6.45, 7) is 2.66. The fraction of sp³-hybridized carbons (Fsp3) is 0.500. The second-order valence-electron chi connectivity index (χ2n) is 4.61. The van der Waals surface area contributed by atoms with E-state index in [1.165, 1.54) is 18.0 Å². The molecule has 0 aliphatic rings. The van der Waals surface area contributed by atoms with Crippen molar-refractivity contribution in [2.45, 2.75) is 32.9 Å². The third-order valence-electron chi connectivity index (χ3n) is 3.15. The number of nitrogens with zero attached hydrogens (tertiary/aromatic N) is 4. The number of nitrogen functional groups attached to an aromatic ring is 1. The van der Waals surface area contributed by atoms with Crippen LogP contribution in [0, 0.1) is 0 Å². The molecule has 9 heteroatoms. The zero-order valence-corrected chi connectivity index (χ0v) is 12.0. The topological polar surface area (TPSA) is 121 Å². The van der Waals surface area contributed by atoms with Crippen LogP contribution >= 0.6 is 0 Å². The van der Waals surface area contributed by atoms with E-state index in [0.717, 1.165) is 17.4 Å². The number of unbranched alkanes of at least 4 members (excludes halogenated alkanes) is 1. The molecule has 2 aromatic heterocycles. The predicted octanol–water partition coefficient (Wildman–Crippen LogP) is -0.0756. The predicted molar refractivity (Wildman–Crippen MR) is 76.9 cm³/mol. The summed E-state index contributed by atoms with van der Waals surface area (Å²) in [5.41, 5.74) is 5.22. The van der Waals surface area contributed by atoms with Gasteiger partial charge in [-0.25, -0.2) is 4.79 Å². The molecule has 0 radical (unpaired) electrons. The van der Waals surface area contributed by atoms with Crippen molar-refractivity contribution in [3.63, 3.8) is 0 Å². The summed E-state index contributed by atoms with van der Waals surface area (Å²) >= 11 is 0. The van der Waals surface area contributed by atoms with Crippen molar-refractivity contribution in [3.05, 3.63) is 33.1 Å². The molecule has 0 amide bonds. The summed E-state index contributed by atoms with van der Waals surface area (Å²) in [7, 11) is 1.42. The molecule has 0 aromatic carbocycles. The minimum atomic E-state index is -0.478. The first-order chi connectivity index (χ1) is 10.1. The zero-order valence-electron chi connectivity index (χ0n) is 12.0. The molecule has 0 aliphatic heterocycles. The molecule has 0 bridgehead atoms. The van der Waals surface area contributed by atoms with Crippen LogP contribution in [0.25, 0.3) is 0 Å². The lowest BCUT2D eigenvalue weighted by molar-refractivity contribution is 0.411. The number of nitrogens with one attached hydrogen (secondary N) is 1. The maximum absolute atomic E-state index is 12.1. The Kier molecular flexibility index (Phi) is 4.41. The quantitative estimate of drug-likeness (QED) is 0.764. The van der Waals surface area contributed by atoms with Crippen LogP contribution in [-0.2, 0) is 20.1 Å². The Balaban J connectivity index is 2.37. The Morgan fingerprint density at radius 1 is 1.43 bits per heavy atom. The molecule has 9 nitrogen and oxygen atoms in total. The highest BCUT2D eigenvalue weighted by atomic mass is 16.5. The number of anilines is 2. The van der Waals surface area contributed by atoms with Crippen LogP contribution in [0.2, 0.25) is 0 Å². The number of rotatable bonds is 6. The summed E-state index contributed by atoms with van der Waals surface area (Å²) in [6.07, 6.45) is 2.91. The molecular formula is C12H18N6O3. The van der Waals surface area contributed by atoms with E-state index >= 15 is 0 Å². The summed E-state index contributed by atoms with van der Waals surface area (Å²) in [5.74, 6) is 0.516. The second kappa shape index (κ2) is 6.25. The normalized spacial score (nSPS) is 10.8. The molecule has 2 heterocycles. The SMILES string of the molecule is CCCCn1c(N)c(NCc2ncon2)c(=O)n(C)c1=O. The third-order valence-corrected chi connectivity index (χ3v) is 3.15. The van der Waals surface area contributed by atoms with Gasteiger partial charge in [-0.2, -0.15) is 4.98 Å². The summed E-state index contributed by atoms with van der Waals surface area (Å²) < 4.78 is 7.04. The second-order valence-corrected chi connectivity index (χ2v) is 4.61. The van der Waals surface area contributed by atoms with Gasteiger partial charge in [-0.15, -0.1) is 0 Å². The standard InChI is InChI=1S/C12H18N6O3/c1-3-4-5-18-10(13)9(11(19)17(2)12(18)20)14-6-8-15-7-21-16-8/h7,14H,3-6,13H2,1-2H3. The first-order valence-corrected chi connectivity index (χ1v) is 6.64. The summed E-state index contributed by atoms with van der Waals surface area (Å²) in [4.78, 5) is 28.1. The fourth-order valence-electron chi connectivity index (χ4n) is 1.92. The van der Waals surface area contributed by atoms with Crippen LogP contribution in [0.3, 0.4) is 0 Å². The van der Waals surface area contributed by atoms with E-state index in [1.807, 2.05) is 6.92 Å². The van der Waals surface area contributed by atoms with E-state index < -0.39 is 11.2 Å². The van der Waals surface area contributed by atoms with Crippen molar-refractivity contribution in [1.29, 1.82) is 0 Å². The lowest BCUT2D eigenvalue weighted by Gasteiger charge is -2.15. The van der Waals surface area contributed by atoms with Crippen LogP contribution < -0.4 is 22.3 Å². The van der Waals surface area contributed by atoms with Crippen molar-refractivity contribution in [1.82, 2.24) is 19.3 Å². The summed E-state index contributed by atoms with van der Waals surface area (Å²) in [5, 5.41) is 6.50. The van der Waals surface area contributed by atoms with Gasteiger partial charge in [0, 0.05) is 13.6 Å². The van der Waals surface area contributed by atoms with E-state index in [9.17, 15) is 9.59 Å². The van der Waals surface area contributed by atoms with Crippen molar-refractivity contribution in [2.24, 2.45) is 7.05 Å². The number of nitrogens with two attached hydrogens (primary N) is 1. The monoisotopic (exact) mass is 294 g/mol. The largest absolute Gasteiger partial charge is 0.383 e. The molecule has 0 fully saturated rings. The smallest absolute Gasteiger partial charge is 0.332 e. The van der Waals surface area contributed by atoms with E-state index in [4.69, 9.17) is 5.73 Å². The molecule has 2 aromatic rings. The van der Waals surface area contributed by atoms with Gasteiger partial charge in [0.2, 0.25) is 6.39 Å². The first kappa shape index (κ1) is 14.8. The maximum atomic E-state index is 12.1. The van der Waals surface area contributed by atoms with Gasteiger partial charge in [-0.05, 0) is 6.42 Å². The molecule has 2 rings (SSSR count). The lowest BCUT2D eigenvalue weighted by Crippen LogP contribution is -2.40. The number of hydrogen-bond acceptors (Lipinski definition) is 7. The van der Waals surface area contributed by atoms with E-state index in [0.29, 0.717) is 12.4 Å². The van der Waals surface area contributed by atoms with Crippen molar-refractivity contribution >= 4 is 11.5 Å². The average molecular weight is 294 g/mol. The highest BCUT2D eigenvalue weighted by Crippen LogP contribution is 2.12. The van der Waals surface area contributed by atoms with E-state index in [2.05, 4.69) is 20.0 Å². The lowest BCUT2D eigenvalue weighted by atomic mass is 10.3. The van der Waals surface area contributed by atoms with Crippen LogP contribution in [0.1, 0.15) is 25.6 Å². The third kappa shape index (κ3) is 2.96. The van der Waals surface area contributed by atoms with Crippen molar-refractivity contribution in [2.75, 3.05) is 11.1 Å². The van der Waals surface area contributed by atoms with Crippen LogP contribution in [0.15, 0.2) is 20.5 Å². The van der Waals surface area contributed by atoms with Crippen molar-refractivity contribution < 1.29 is 4.52 Å². The van der Waals surface area contributed by atoms with Gasteiger partial charge in [0.1, 0.15) is 11.5 Å². The zero-order chi connectivity index (χ0) is 15.4. The highest BCUT2D eigenvalue weighted by Gasteiger charge is 2.15. The van der Waals surface area contributed by atoms with Gasteiger partial charge < -0.3 is 15.6 Å². The van der Waals surface area contributed by atoms with Gasteiger partial charge in [-0.3, -0.25) is 13.9 Å². The van der Waals surface area contributed by atoms with Crippen molar-refractivity contribution in [3.8, 4) is 0 Å². The van der Waals surface area contributed by atoms with Crippen LogP contribution in [0.5, 0.6) is 0 Å². The molecule has 0 atom stereocenters. The number of aromatic nitrogens is 4. The molecule has 3 N–H and O–H groups in total. The maximum Gasteiger partial charge on any atom is 0.332 e.